The number of nitrogens with one attached hydrogen (secondary N) is 2. The minimum absolute atomic E-state index is 0.0487. The third-order valence-corrected chi connectivity index (χ3v) is 5.28. The van der Waals surface area contributed by atoms with Gasteiger partial charge in [-0.1, -0.05) is 6.07 Å². The van der Waals surface area contributed by atoms with Crippen molar-refractivity contribution in [1.82, 2.24) is 10.6 Å². The van der Waals surface area contributed by atoms with Crippen LogP contribution in [0.5, 0.6) is 11.5 Å². The molecule has 2 aliphatic rings. The Labute approximate surface area is 167 Å². The van der Waals surface area contributed by atoms with Crippen LogP contribution in [0.25, 0.3) is 0 Å². The number of hydrogen-bond acceptors (Lipinski definition) is 5. The van der Waals surface area contributed by atoms with Crippen LogP contribution >= 0.6 is 0 Å². The van der Waals surface area contributed by atoms with Crippen molar-refractivity contribution in [2.75, 3.05) is 52.9 Å². The quantitative estimate of drug-likeness (QED) is 0.383. The third kappa shape index (κ3) is 5.29. The lowest BCUT2D eigenvalue weighted by atomic mass is 9.74. The molecule has 2 aliphatic heterocycles. The zero-order valence-electron chi connectivity index (χ0n) is 17.1. The molecule has 0 radical (unpaired) electrons. The maximum Gasteiger partial charge on any atom is 0.231 e. The highest BCUT2D eigenvalue weighted by molar-refractivity contribution is 5.79. The van der Waals surface area contributed by atoms with E-state index in [1.165, 1.54) is 5.56 Å². The number of guanidine groups is 1. The third-order valence-electron chi connectivity index (χ3n) is 5.28. The maximum atomic E-state index is 5.65. The first-order valence-electron chi connectivity index (χ1n) is 10.4. The summed E-state index contributed by atoms with van der Waals surface area (Å²) in [4.78, 5) is 4.92. The van der Waals surface area contributed by atoms with Gasteiger partial charge in [-0.05, 0) is 50.8 Å². The van der Waals surface area contributed by atoms with E-state index in [9.17, 15) is 0 Å². The normalized spacial score (nSPS) is 18.1. The molecule has 1 aromatic rings. The van der Waals surface area contributed by atoms with E-state index in [0.29, 0.717) is 13.3 Å². The average Bonchev–Trinajstić information content (AvgIpc) is 3.20. The Balaban J connectivity index is 1.70. The molecular weight excluding hydrogens is 358 g/mol. The van der Waals surface area contributed by atoms with Crippen LogP contribution in [0.15, 0.2) is 23.2 Å². The van der Waals surface area contributed by atoms with E-state index in [4.69, 9.17) is 23.9 Å². The summed E-state index contributed by atoms with van der Waals surface area (Å²) >= 11 is 0. The van der Waals surface area contributed by atoms with Gasteiger partial charge in [-0.15, -0.1) is 0 Å². The molecule has 0 amide bonds. The van der Waals surface area contributed by atoms with Crippen molar-refractivity contribution in [2.24, 2.45) is 4.99 Å². The van der Waals surface area contributed by atoms with E-state index in [2.05, 4.69) is 29.7 Å². The van der Waals surface area contributed by atoms with Crippen molar-refractivity contribution in [3.05, 3.63) is 23.8 Å². The maximum absolute atomic E-state index is 5.65. The highest BCUT2D eigenvalue weighted by Crippen LogP contribution is 2.41. The first kappa shape index (κ1) is 20.7. The largest absolute Gasteiger partial charge is 0.454 e. The van der Waals surface area contributed by atoms with E-state index in [0.717, 1.165) is 76.2 Å². The Kier molecular flexibility index (Phi) is 7.80. The Morgan fingerprint density at radius 3 is 2.75 bits per heavy atom. The molecule has 156 valence electrons. The van der Waals surface area contributed by atoms with Gasteiger partial charge in [0.1, 0.15) is 0 Å². The number of ether oxygens (including phenoxy) is 4. The summed E-state index contributed by atoms with van der Waals surface area (Å²) in [5.41, 5.74) is 1.20. The topological polar surface area (TPSA) is 73.3 Å². The molecule has 2 N–H and O–H groups in total. The fraction of sp³-hybridized carbons (Fsp3) is 0.667. The van der Waals surface area contributed by atoms with Crippen molar-refractivity contribution in [3.8, 4) is 11.5 Å². The molecule has 2 heterocycles. The molecule has 0 atom stereocenters. The van der Waals surface area contributed by atoms with Gasteiger partial charge in [0.25, 0.3) is 0 Å². The SMILES string of the molecule is CCNC(=NCC1(c2ccc3c(c2)OCO3)CCOCC1)NCCCOCC. The summed E-state index contributed by atoms with van der Waals surface area (Å²) in [6.45, 7) is 9.80. The number of nitrogens with zero attached hydrogens (tertiary/aromatic N) is 1. The van der Waals surface area contributed by atoms with Crippen molar-refractivity contribution < 1.29 is 18.9 Å². The first-order chi connectivity index (χ1) is 13.8. The lowest BCUT2D eigenvalue weighted by molar-refractivity contribution is 0.0530. The molecule has 7 heteroatoms. The molecule has 0 saturated carbocycles. The second-order valence-electron chi connectivity index (χ2n) is 7.13. The van der Waals surface area contributed by atoms with Crippen LogP contribution in [-0.2, 0) is 14.9 Å². The summed E-state index contributed by atoms with van der Waals surface area (Å²) in [6.07, 6.45) is 2.85. The van der Waals surface area contributed by atoms with Gasteiger partial charge in [0.2, 0.25) is 6.79 Å². The van der Waals surface area contributed by atoms with Crippen molar-refractivity contribution in [2.45, 2.75) is 38.5 Å². The van der Waals surface area contributed by atoms with Crippen LogP contribution in [0, 0.1) is 0 Å². The van der Waals surface area contributed by atoms with Crippen LogP contribution in [0.4, 0.5) is 0 Å². The van der Waals surface area contributed by atoms with Gasteiger partial charge in [-0.25, -0.2) is 0 Å². The molecule has 0 spiro atoms. The van der Waals surface area contributed by atoms with Crippen molar-refractivity contribution in [1.29, 1.82) is 0 Å². The highest BCUT2D eigenvalue weighted by Gasteiger charge is 2.35. The van der Waals surface area contributed by atoms with Crippen molar-refractivity contribution >= 4 is 5.96 Å². The smallest absolute Gasteiger partial charge is 0.231 e. The van der Waals surface area contributed by atoms with Crippen LogP contribution < -0.4 is 20.1 Å². The van der Waals surface area contributed by atoms with E-state index in [1.54, 1.807) is 0 Å². The molecule has 1 saturated heterocycles. The van der Waals surface area contributed by atoms with Crippen LogP contribution in [0.1, 0.15) is 38.7 Å². The number of benzene rings is 1. The predicted octanol–water partition coefficient (Wildman–Crippen LogP) is 2.45. The lowest BCUT2D eigenvalue weighted by Gasteiger charge is -2.36. The summed E-state index contributed by atoms with van der Waals surface area (Å²) in [6, 6.07) is 6.28. The van der Waals surface area contributed by atoms with Gasteiger partial charge in [-0.2, -0.15) is 0 Å². The Hall–Kier alpha value is -1.99. The Morgan fingerprint density at radius 2 is 1.96 bits per heavy atom. The zero-order chi connectivity index (χ0) is 19.7. The van der Waals surface area contributed by atoms with Gasteiger partial charge in [0.15, 0.2) is 17.5 Å². The van der Waals surface area contributed by atoms with E-state index in [1.807, 2.05) is 13.0 Å². The molecule has 7 nitrogen and oxygen atoms in total. The predicted molar refractivity (Wildman–Crippen MR) is 109 cm³/mol. The van der Waals surface area contributed by atoms with Crippen LogP contribution in [-0.4, -0.2) is 58.8 Å². The summed E-state index contributed by atoms with van der Waals surface area (Å²) in [5, 5.41) is 6.76. The molecular formula is C21H33N3O4. The highest BCUT2D eigenvalue weighted by atomic mass is 16.7. The number of fused-ring (bicyclic) bond motifs is 1. The van der Waals surface area contributed by atoms with Gasteiger partial charge in [0, 0.05) is 44.9 Å². The fourth-order valence-electron chi connectivity index (χ4n) is 3.62. The van der Waals surface area contributed by atoms with E-state index < -0.39 is 0 Å². The molecule has 3 rings (SSSR count). The number of rotatable bonds is 9. The lowest BCUT2D eigenvalue weighted by Crippen LogP contribution is -2.41. The second kappa shape index (κ2) is 10.5. The van der Waals surface area contributed by atoms with Crippen LogP contribution in [0.2, 0.25) is 0 Å². The molecule has 0 aliphatic carbocycles. The first-order valence-corrected chi connectivity index (χ1v) is 10.4. The molecule has 1 aromatic carbocycles. The minimum Gasteiger partial charge on any atom is -0.454 e. The zero-order valence-corrected chi connectivity index (χ0v) is 17.1. The Bertz CT molecular complexity index is 645. The number of hydrogen-bond donors (Lipinski definition) is 2. The van der Waals surface area contributed by atoms with Crippen LogP contribution in [0.3, 0.4) is 0 Å². The van der Waals surface area contributed by atoms with Gasteiger partial charge in [-0.3, -0.25) is 4.99 Å². The average molecular weight is 392 g/mol. The summed E-state index contributed by atoms with van der Waals surface area (Å²) in [7, 11) is 0. The molecule has 0 unspecified atom stereocenters. The number of aliphatic imine (C=N–C) groups is 1. The van der Waals surface area contributed by atoms with E-state index in [-0.39, 0.29) is 5.41 Å². The second-order valence-corrected chi connectivity index (χ2v) is 7.13. The minimum atomic E-state index is -0.0487. The summed E-state index contributed by atoms with van der Waals surface area (Å²) < 4.78 is 22.1. The molecule has 28 heavy (non-hydrogen) atoms. The van der Waals surface area contributed by atoms with E-state index >= 15 is 0 Å². The Morgan fingerprint density at radius 1 is 1.14 bits per heavy atom. The van der Waals surface area contributed by atoms with Gasteiger partial charge < -0.3 is 29.6 Å². The van der Waals surface area contributed by atoms with Gasteiger partial charge >= 0.3 is 0 Å². The monoisotopic (exact) mass is 391 g/mol. The fourth-order valence-corrected chi connectivity index (χ4v) is 3.62. The summed E-state index contributed by atoms with van der Waals surface area (Å²) in [5.74, 6) is 2.50. The van der Waals surface area contributed by atoms with Crippen molar-refractivity contribution in [3.63, 3.8) is 0 Å². The molecule has 0 aromatic heterocycles. The standard InChI is InChI=1S/C21H33N3O4/c1-3-22-20(23-10-5-11-25-4-2)24-15-21(8-12-26-13-9-21)17-6-7-18-19(14-17)28-16-27-18/h6-7,14H,3-5,8-13,15-16H2,1-2H3,(H2,22,23,24). The molecule has 1 fully saturated rings. The van der Waals surface area contributed by atoms with Gasteiger partial charge in [0.05, 0.1) is 6.54 Å². The molecule has 0 bridgehead atoms.